The Morgan fingerprint density at radius 1 is 1.12 bits per heavy atom. The van der Waals surface area contributed by atoms with Crippen molar-refractivity contribution in [3.8, 4) is 0 Å². The van der Waals surface area contributed by atoms with E-state index in [0.29, 0.717) is 6.42 Å². The van der Waals surface area contributed by atoms with Crippen LogP contribution in [0.2, 0.25) is 0 Å². The Bertz CT molecular complexity index is 509. The number of carboxylic acids is 1. The summed E-state index contributed by atoms with van der Waals surface area (Å²) in [5, 5.41) is 8.83. The van der Waals surface area contributed by atoms with E-state index < -0.39 is 5.97 Å². The molecule has 17 heavy (non-hydrogen) atoms. The Morgan fingerprint density at radius 2 is 1.88 bits per heavy atom. The monoisotopic (exact) mass is 227 g/mol. The highest BCUT2D eigenvalue weighted by Crippen LogP contribution is 2.12. The molecule has 1 aromatic heterocycles. The van der Waals surface area contributed by atoms with Crippen LogP contribution in [0.4, 0.5) is 0 Å². The first-order valence-corrected chi connectivity index (χ1v) is 5.44. The van der Waals surface area contributed by atoms with E-state index in [1.165, 1.54) is 0 Å². The van der Waals surface area contributed by atoms with Gasteiger partial charge >= 0.3 is 5.97 Å². The van der Waals surface area contributed by atoms with Gasteiger partial charge < -0.3 is 5.11 Å². The van der Waals surface area contributed by atoms with E-state index in [-0.39, 0.29) is 6.42 Å². The number of aliphatic carboxylic acids is 1. The van der Waals surface area contributed by atoms with Gasteiger partial charge in [-0.3, -0.25) is 9.78 Å². The third-order valence-electron chi connectivity index (χ3n) is 2.54. The molecule has 0 saturated carbocycles. The number of hydrogen-bond acceptors (Lipinski definition) is 2. The number of carboxylic acid groups (broad SMARTS) is 1. The van der Waals surface area contributed by atoms with Gasteiger partial charge in [0, 0.05) is 18.3 Å². The Morgan fingerprint density at radius 3 is 2.59 bits per heavy atom. The van der Waals surface area contributed by atoms with E-state index >= 15 is 0 Å². The molecule has 1 heterocycles. The summed E-state index contributed by atoms with van der Waals surface area (Å²) >= 11 is 0. The molecule has 0 aliphatic carbocycles. The van der Waals surface area contributed by atoms with Gasteiger partial charge in [0.25, 0.3) is 0 Å². The third-order valence-corrected chi connectivity index (χ3v) is 2.54. The standard InChI is InChI=1S/C14H13NO2/c16-14(17)10-12-7-4-8-15-13(12)9-11-5-2-1-3-6-11/h1-8H,9-10H2,(H,16,17). The van der Waals surface area contributed by atoms with E-state index in [1.54, 1.807) is 12.3 Å². The number of nitrogens with zero attached hydrogens (tertiary/aromatic N) is 1. The lowest BCUT2D eigenvalue weighted by atomic mass is 10.0. The summed E-state index contributed by atoms with van der Waals surface area (Å²) < 4.78 is 0. The van der Waals surface area contributed by atoms with Crippen molar-refractivity contribution in [2.75, 3.05) is 0 Å². The predicted molar refractivity (Wildman–Crippen MR) is 64.8 cm³/mol. The second kappa shape index (κ2) is 5.25. The molecule has 1 N–H and O–H groups in total. The molecule has 2 aromatic rings. The molecule has 0 aliphatic rings. The van der Waals surface area contributed by atoms with Crippen LogP contribution in [0, 0.1) is 0 Å². The SMILES string of the molecule is O=C(O)Cc1cccnc1Cc1ccccc1. The fourth-order valence-corrected chi connectivity index (χ4v) is 1.74. The molecule has 0 fully saturated rings. The maximum atomic E-state index is 10.7. The highest BCUT2D eigenvalue weighted by Gasteiger charge is 2.07. The van der Waals surface area contributed by atoms with Crippen LogP contribution in [0.3, 0.4) is 0 Å². The molecule has 0 saturated heterocycles. The number of aromatic nitrogens is 1. The second-order valence-electron chi connectivity index (χ2n) is 3.84. The molecule has 0 unspecified atom stereocenters. The molecular weight excluding hydrogens is 214 g/mol. The van der Waals surface area contributed by atoms with Crippen molar-refractivity contribution in [1.82, 2.24) is 4.98 Å². The van der Waals surface area contributed by atoms with E-state index in [2.05, 4.69) is 4.98 Å². The van der Waals surface area contributed by atoms with Gasteiger partial charge in [-0.2, -0.15) is 0 Å². The van der Waals surface area contributed by atoms with Gasteiger partial charge in [-0.25, -0.2) is 0 Å². The average Bonchev–Trinajstić information content (AvgIpc) is 2.32. The number of rotatable bonds is 4. The highest BCUT2D eigenvalue weighted by atomic mass is 16.4. The zero-order chi connectivity index (χ0) is 12.1. The van der Waals surface area contributed by atoms with Crippen molar-refractivity contribution in [3.63, 3.8) is 0 Å². The average molecular weight is 227 g/mol. The van der Waals surface area contributed by atoms with Crippen LogP contribution in [-0.4, -0.2) is 16.1 Å². The topological polar surface area (TPSA) is 50.2 Å². The van der Waals surface area contributed by atoms with Crippen LogP contribution < -0.4 is 0 Å². The van der Waals surface area contributed by atoms with E-state index in [4.69, 9.17) is 5.11 Å². The van der Waals surface area contributed by atoms with Crippen molar-refractivity contribution in [2.24, 2.45) is 0 Å². The Kier molecular flexibility index (Phi) is 3.50. The summed E-state index contributed by atoms with van der Waals surface area (Å²) in [6.07, 6.45) is 2.39. The predicted octanol–water partition coefficient (Wildman–Crippen LogP) is 2.30. The first-order chi connectivity index (χ1) is 8.25. The van der Waals surface area contributed by atoms with Gasteiger partial charge in [-0.15, -0.1) is 0 Å². The van der Waals surface area contributed by atoms with Crippen LogP contribution in [0.5, 0.6) is 0 Å². The Labute approximate surface area is 99.8 Å². The van der Waals surface area contributed by atoms with Gasteiger partial charge in [0.2, 0.25) is 0 Å². The van der Waals surface area contributed by atoms with Crippen molar-refractivity contribution in [3.05, 3.63) is 65.5 Å². The highest BCUT2D eigenvalue weighted by molar-refractivity contribution is 5.70. The molecule has 86 valence electrons. The van der Waals surface area contributed by atoms with Crippen molar-refractivity contribution >= 4 is 5.97 Å². The normalized spacial score (nSPS) is 10.1. The van der Waals surface area contributed by atoms with Crippen LogP contribution in [0.25, 0.3) is 0 Å². The quantitative estimate of drug-likeness (QED) is 0.871. The lowest BCUT2D eigenvalue weighted by molar-refractivity contribution is -0.136. The summed E-state index contributed by atoms with van der Waals surface area (Å²) in [5.41, 5.74) is 2.75. The summed E-state index contributed by atoms with van der Waals surface area (Å²) in [6.45, 7) is 0. The molecule has 2 rings (SSSR count). The van der Waals surface area contributed by atoms with Crippen molar-refractivity contribution in [2.45, 2.75) is 12.8 Å². The van der Waals surface area contributed by atoms with E-state index in [0.717, 1.165) is 16.8 Å². The molecule has 0 radical (unpaired) electrons. The summed E-state index contributed by atoms with van der Waals surface area (Å²) in [6, 6.07) is 13.5. The largest absolute Gasteiger partial charge is 0.481 e. The van der Waals surface area contributed by atoms with E-state index in [9.17, 15) is 4.79 Å². The molecule has 0 atom stereocenters. The summed E-state index contributed by atoms with van der Waals surface area (Å²) in [4.78, 5) is 15.0. The molecule has 3 heteroatoms. The van der Waals surface area contributed by atoms with Crippen molar-refractivity contribution in [1.29, 1.82) is 0 Å². The summed E-state index contributed by atoms with van der Waals surface area (Å²) in [5.74, 6) is -0.827. The maximum Gasteiger partial charge on any atom is 0.307 e. The molecular formula is C14H13NO2. The first-order valence-electron chi connectivity index (χ1n) is 5.44. The third kappa shape index (κ3) is 3.14. The van der Waals surface area contributed by atoms with Gasteiger partial charge in [0.15, 0.2) is 0 Å². The van der Waals surface area contributed by atoms with Crippen molar-refractivity contribution < 1.29 is 9.90 Å². The molecule has 0 amide bonds. The van der Waals surface area contributed by atoms with Crippen LogP contribution in [0.15, 0.2) is 48.7 Å². The zero-order valence-corrected chi connectivity index (χ0v) is 9.34. The molecule has 1 aromatic carbocycles. The van der Waals surface area contributed by atoms with Gasteiger partial charge in [0.05, 0.1) is 6.42 Å². The lowest BCUT2D eigenvalue weighted by Crippen LogP contribution is -2.05. The van der Waals surface area contributed by atoms with Crippen LogP contribution in [0.1, 0.15) is 16.8 Å². The van der Waals surface area contributed by atoms with Crippen LogP contribution >= 0.6 is 0 Å². The summed E-state index contributed by atoms with van der Waals surface area (Å²) in [7, 11) is 0. The second-order valence-corrected chi connectivity index (χ2v) is 3.84. The fraction of sp³-hybridized carbons (Fsp3) is 0.143. The Hall–Kier alpha value is -2.16. The molecule has 0 spiro atoms. The van der Waals surface area contributed by atoms with Gasteiger partial charge in [-0.1, -0.05) is 36.4 Å². The first kappa shape index (κ1) is 11.3. The number of pyridine rings is 1. The maximum absolute atomic E-state index is 10.7. The van der Waals surface area contributed by atoms with E-state index in [1.807, 2.05) is 36.4 Å². The lowest BCUT2D eigenvalue weighted by Gasteiger charge is -2.06. The zero-order valence-electron chi connectivity index (χ0n) is 9.34. The number of benzene rings is 1. The molecule has 3 nitrogen and oxygen atoms in total. The number of hydrogen-bond donors (Lipinski definition) is 1. The smallest absolute Gasteiger partial charge is 0.307 e. The number of carbonyl (C=O) groups is 1. The molecule has 0 bridgehead atoms. The van der Waals surface area contributed by atoms with Crippen LogP contribution in [-0.2, 0) is 17.6 Å². The van der Waals surface area contributed by atoms with Gasteiger partial charge in [-0.05, 0) is 17.2 Å². The van der Waals surface area contributed by atoms with Gasteiger partial charge in [0.1, 0.15) is 0 Å². The minimum Gasteiger partial charge on any atom is -0.481 e. The Balaban J connectivity index is 2.23. The minimum atomic E-state index is -0.827. The minimum absolute atomic E-state index is 0.0238. The fourth-order valence-electron chi connectivity index (χ4n) is 1.74. The molecule has 0 aliphatic heterocycles.